The molecule has 1 aliphatic rings. The Morgan fingerprint density at radius 3 is 2.60 bits per heavy atom. The van der Waals surface area contributed by atoms with Gasteiger partial charge in [-0.15, -0.1) is 5.10 Å². The Morgan fingerprint density at radius 2 is 2.08 bits per heavy atom. The fraction of sp³-hybridized carbons (Fsp3) is 0.400. The summed E-state index contributed by atoms with van der Waals surface area (Å²) in [5.74, 6) is -0.391. The van der Waals surface area contributed by atoms with Gasteiger partial charge in [-0.05, 0) is 25.0 Å². The lowest BCUT2D eigenvalue weighted by atomic mass is 9.69. The number of amides is 1. The monoisotopic (exact) mass is 374 g/mol. The Kier molecular flexibility index (Phi) is 4.36. The number of nitrogens with two attached hydrogens (primary N) is 1. The molecule has 0 aromatic carbocycles. The highest BCUT2D eigenvalue weighted by molar-refractivity contribution is 6.32. The predicted molar refractivity (Wildman–Crippen MR) is 82.7 cm³/mol. The van der Waals surface area contributed by atoms with Gasteiger partial charge in [0.25, 0.3) is 5.91 Å². The minimum absolute atomic E-state index is 0.0485. The van der Waals surface area contributed by atoms with Crippen LogP contribution in [0.15, 0.2) is 24.4 Å². The van der Waals surface area contributed by atoms with Crippen LogP contribution in [-0.2, 0) is 0 Å². The van der Waals surface area contributed by atoms with E-state index in [1.807, 2.05) is 0 Å². The van der Waals surface area contributed by atoms with E-state index in [1.54, 1.807) is 0 Å². The molecule has 0 saturated heterocycles. The van der Waals surface area contributed by atoms with E-state index in [1.165, 1.54) is 29.1 Å². The Hall–Kier alpha value is -2.29. The van der Waals surface area contributed by atoms with Crippen LogP contribution in [-0.4, -0.2) is 33.5 Å². The molecule has 0 atom stereocenters. The van der Waals surface area contributed by atoms with Crippen LogP contribution in [0.5, 0.6) is 5.88 Å². The van der Waals surface area contributed by atoms with Crippen LogP contribution in [0.2, 0.25) is 5.15 Å². The van der Waals surface area contributed by atoms with Crippen LogP contribution in [0, 0.1) is 5.41 Å². The normalized spacial score (nSPS) is 16.3. The molecule has 2 N–H and O–H groups in total. The van der Waals surface area contributed by atoms with Gasteiger partial charge in [-0.3, -0.25) is 4.79 Å². The molecule has 0 bridgehead atoms. The third-order valence-corrected chi connectivity index (χ3v) is 4.60. The number of carbonyl (C=O) groups excluding carboxylic acids is 1. The van der Waals surface area contributed by atoms with Crippen LogP contribution >= 0.6 is 11.6 Å². The number of hydrogen-bond acceptors (Lipinski definition) is 4. The van der Waals surface area contributed by atoms with Crippen molar-refractivity contribution >= 4 is 17.5 Å². The highest BCUT2D eigenvalue weighted by Gasteiger charge is 2.58. The largest absolute Gasteiger partial charge is 0.476 e. The molecule has 0 aliphatic heterocycles. The average Bonchev–Trinajstić information content (AvgIpc) is 2.93. The van der Waals surface area contributed by atoms with Gasteiger partial charge in [0.15, 0.2) is 5.82 Å². The van der Waals surface area contributed by atoms with E-state index in [4.69, 9.17) is 22.1 Å². The topological polar surface area (TPSA) is 83.0 Å². The molecule has 1 amide bonds. The second-order valence-corrected chi connectivity index (χ2v) is 6.25. The summed E-state index contributed by atoms with van der Waals surface area (Å²) in [4.78, 5) is 15.1. The SMILES string of the molecule is NC(=O)c1ccc(-n2ccc(OCC3(C(F)(F)F)CCC3)n2)nc1Cl. The zero-order valence-corrected chi connectivity index (χ0v) is 13.6. The molecule has 25 heavy (non-hydrogen) atoms. The summed E-state index contributed by atoms with van der Waals surface area (Å²) in [6.45, 7) is -0.470. The molecule has 0 radical (unpaired) electrons. The molecule has 1 fully saturated rings. The number of alkyl halides is 3. The third kappa shape index (κ3) is 3.28. The first-order valence-electron chi connectivity index (χ1n) is 7.44. The average molecular weight is 375 g/mol. The molecular formula is C15H14ClF3N4O2. The minimum Gasteiger partial charge on any atom is -0.476 e. The highest BCUT2D eigenvalue weighted by atomic mass is 35.5. The molecule has 134 valence electrons. The van der Waals surface area contributed by atoms with Gasteiger partial charge in [0.05, 0.1) is 5.56 Å². The number of carbonyl (C=O) groups is 1. The van der Waals surface area contributed by atoms with E-state index in [-0.39, 0.29) is 35.3 Å². The fourth-order valence-electron chi connectivity index (χ4n) is 2.57. The van der Waals surface area contributed by atoms with Crippen molar-refractivity contribution in [2.75, 3.05) is 6.61 Å². The van der Waals surface area contributed by atoms with Gasteiger partial charge >= 0.3 is 6.18 Å². The zero-order chi connectivity index (χ0) is 18.2. The molecular weight excluding hydrogens is 361 g/mol. The van der Waals surface area contributed by atoms with Crippen molar-refractivity contribution < 1.29 is 22.7 Å². The molecule has 1 saturated carbocycles. The van der Waals surface area contributed by atoms with Crippen molar-refractivity contribution in [2.24, 2.45) is 11.1 Å². The van der Waals surface area contributed by atoms with Crippen molar-refractivity contribution in [3.8, 4) is 11.7 Å². The molecule has 0 unspecified atom stereocenters. The van der Waals surface area contributed by atoms with Crippen LogP contribution in [0.3, 0.4) is 0 Å². The number of nitrogens with zero attached hydrogens (tertiary/aromatic N) is 3. The lowest BCUT2D eigenvalue weighted by Gasteiger charge is -2.42. The van der Waals surface area contributed by atoms with Crippen molar-refractivity contribution in [3.63, 3.8) is 0 Å². The Balaban J connectivity index is 1.73. The summed E-state index contributed by atoms with van der Waals surface area (Å²) >= 11 is 5.87. The summed E-state index contributed by atoms with van der Waals surface area (Å²) in [5, 5.41) is 3.94. The molecule has 1 aliphatic carbocycles. The van der Waals surface area contributed by atoms with Gasteiger partial charge in [0, 0.05) is 12.3 Å². The number of hydrogen-bond donors (Lipinski definition) is 1. The van der Waals surface area contributed by atoms with Gasteiger partial charge in [-0.1, -0.05) is 18.0 Å². The summed E-state index contributed by atoms with van der Waals surface area (Å²) in [6.07, 6.45) is -2.18. The maximum Gasteiger partial charge on any atom is 0.397 e. The Morgan fingerprint density at radius 1 is 1.36 bits per heavy atom. The number of primary amides is 1. The lowest BCUT2D eigenvalue weighted by Crippen LogP contribution is -2.48. The first-order chi connectivity index (χ1) is 11.7. The van der Waals surface area contributed by atoms with Crippen LogP contribution in [0.4, 0.5) is 13.2 Å². The molecule has 2 aromatic heterocycles. The number of ether oxygens (including phenoxy) is 1. The van der Waals surface area contributed by atoms with E-state index in [0.29, 0.717) is 6.42 Å². The molecule has 2 aromatic rings. The van der Waals surface area contributed by atoms with E-state index >= 15 is 0 Å². The molecule has 0 spiro atoms. The highest BCUT2D eigenvalue weighted by Crippen LogP contribution is 2.53. The second kappa shape index (κ2) is 6.21. The number of rotatable bonds is 5. The Bertz CT molecular complexity index is 802. The van der Waals surface area contributed by atoms with Crippen molar-refractivity contribution in [3.05, 3.63) is 35.1 Å². The fourth-order valence-corrected chi connectivity index (χ4v) is 2.82. The summed E-state index contributed by atoms with van der Waals surface area (Å²) < 4.78 is 45.9. The number of halogens is 4. The van der Waals surface area contributed by atoms with E-state index < -0.39 is 24.1 Å². The van der Waals surface area contributed by atoms with Gasteiger partial charge in [-0.25, -0.2) is 9.67 Å². The van der Waals surface area contributed by atoms with E-state index in [0.717, 1.165) is 0 Å². The maximum absolute atomic E-state index is 13.1. The predicted octanol–water partition coefficient (Wildman–Crippen LogP) is 3.13. The lowest BCUT2D eigenvalue weighted by molar-refractivity contribution is -0.259. The van der Waals surface area contributed by atoms with Crippen molar-refractivity contribution in [2.45, 2.75) is 25.4 Å². The van der Waals surface area contributed by atoms with Gasteiger partial charge < -0.3 is 10.5 Å². The Labute approximate surface area is 145 Å². The number of aromatic nitrogens is 3. The molecule has 2 heterocycles. The molecule has 6 nitrogen and oxygen atoms in total. The molecule has 3 rings (SSSR count). The van der Waals surface area contributed by atoms with Crippen LogP contribution in [0.1, 0.15) is 29.6 Å². The molecule has 10 heteroatoms. The van der Waals surface area contributed by atoms with Crippen LogP contribution < -0.4 is 10.5 Å². The van der Waals surface area contributed by atoms with Gasteiger partial charge in [-0.2, -0.15) is 13.2 Å². The smallest absolute Gasteiger partial charge is 0.397 e. The van der Waals surface area contributed by atoms with Crippen molar-refractivity contribution in [1.29, 1.82) is 0 Å². The van der Waals surface area contributed by atoms with Gasteiger partial charge in [0.2, 0.25) is 5.88 Å². The van der Waals surface area contributed by atoms with Gasteiger partial charge in [0.1, 0.15) is 17.2 Å². The minimum atomic E-state index is -4.30. The van der Waals surface area contributed by atoms with Crippen LogP contribution in [0.25, 0.3) is 5.82 Å². The quantitative estimate of drug-likeness (QED) is 0.815. The first-order valence-corrected chi connectivity index (χ1v) is 7.82. The summed E-state index contributed by atoms with van der Waals surface area (Å²) in [7, 11) is 0. The van der Waals surface area contributed by atoms with E-state index in [9.17, 15) is 18.0 Å². The second-order valence-electron chi connectivity index (χ2n) is 5.89. The number of pyridine rings is 1. The first kappa shape index (κ1) is 17.5. The van der Waals surface area contributed by atoms with E-state index in [2.05, 4.69) is 10.1 Å². The summed E-state index contributed by atoms with van der Waals surface area (Å²) in [6, 6.07) is 4.29. The standard InChI is InChI=1S/C15H14ClF3N4O2/c16-12-9(13(20)24)2-3-10(21-12)23-7-4-11(22-23)25-8-14(5-1-6-14)15(17,18)19/h2-4,7H,1,5-6,8H2,(H2,20,24). The third-order valence-electron chi connectivity index (χ3n) is 4.31. The summed E-state index contributed by atoms with van der Waals surface area (Å²) in [5.41, 5.74) is 3.41. The zero-order valence-electron chi connectivity index (χ0n) is 12.9. The maximum atomic E-state index is 13.1. The van der Waals surface area contributed by atoms with Crippen molar-refractivity contribution in [1.82, 2.24) is 14.8 Å².